The van der Waals surface area contributed by atoms with Crippen molar-refractivity contribution in [2.75, 3.05) is 6.61 Å². The summed E-state index contributed by atoms with van der Waals surface area (Å²) in [4.78, 5) is 0. The maximum Gasteiger partial charge on any atom is 0.123 e. The van der Waals surface area contributed by atoms with E-state index in [9.17, 15) is 35.7 Å². The van der Waals surface area contributed by atoms with Crippen LogP contribution in [-0.2, 0) is 0 Å². The van der Waals surface area contributed by atoms with Gasteiger partial charge in [0.2, 0.25) is 0 Å². The summed E-state index contributed by atoms with van der Waals surface area (Å²) in [6.07, 6.45) is 0.952. The van der Waals surface area contributed by atoms with Crippen LogP contribution in [0.2, 0.25) is 0 Å². The van der Waals surface area contributed by atoms with Gasteiger partial charge in [-0.25, -0.2) is 0 Å². The molecule has 7 N–H and O–H groups in total. The average Bonchev–Trinajstić information content (AvgIpc) is 3.14. The van der Waals surface area contributed by atoms with Gasteiger partial charge in [-0.15, -0.1) is 0 Å². The van der Waals surface area contributed by atoms with Crippen LogP contribution in [0.15, 0.2) is 11.6 Å². The second-order valence-electron chi connectivity index (χ2n) is 13.5. The average molecular weight is 511 g/mol. The van der Waals surface area contributed by atoms with E-state index < -0.39 is 54.1 Å². The van der Waals surface area contributed by atoms with E-state index in [0.717, 1.165) is 25.7 Å². The smallest absolute Gasteiger partial charge is 0.123 e. The summed E-state index contributed by atoms with van der Waals surface area (Å²) >= 11 is 0. The third-order valence-corrected chi connectivity index (χ3v) is 11.7. The lowest BCUT2D eigenvalue weighted by Gasteiger charge is -2.67. The van der Waals surface area contributed by atoms with Crippen molar-refractivity contribution in [3.8, 4) is 0 Å². The standard InChI is InChI=1S/C29H50O7/c1-6-18(16(2)3)8-7-17(4)19-9-10-20-21-11-24(33)28(35)13-23(32)22(31)12-27(28,15-30)29(21,36)25(34)14-26(19,20)5/h11,16-20,22-25,30-36H,6-10,12-15H2,1-5H3/t17-,18?,19-,20+,22+,23+,24+,25-,26-,27-,28-,29+/m1/s1. The lowest BCUT2D eigenvalue weighted by molar-refractivity contribution is -0.311. The molecule has 0 aromatic carbocycles. The molecule has 0 heterocycles. The molecule has 12 atom stereocenters. The Morgan fingerprint density at radius 3 is 2.17 bits per heavy atom. The van der Waals surface area contributed by atoms with E-state index in [1.165, 1.54) is 12.5 Å². The van der Waals surface area contributed by atoms with Gasteiger partial charge in [-0.3, -0.25) is 0 Å². The third kappa shape index (κ3) is 3.71. The van der Waals surface area contributed by atoms with Crippen molar-refractivity contribution in [1.82, 2.24) is 0 Å². The first-order valence-electron chi connectivity index (χ1n) is 14.2. The highest BCUT2D eigenvalue weighted by Gasteiger charge is 2.76. The predicted molar refractivity (Wildman–Crippen MR) is 137 cm³/mol. The number of rotatable bonds is 7. The van der Waals surface area contributed by atoms with Gasteiger partial charge >= 0.3 is 0 Å². The van der Waals surface area contributed by atoms with Crippen LogP contribution in [0.3, 0.4) is 0 Å². The minimum Gasteiger partial charge on any atom is -0.396 e. The lowest BCUT2D eigenvalue weighted by atomic mass is 9.42. The van der Waals surface area contributed by atoms with E-state index >= 15 is 0 Å². The van der Waals surface area contributed by atoms with Gasteiger partial charge in [-0.1, -0.05) is 53.5 Å². The van der Waals surface area contributed by atoms with Crippen LogP contribution in [-0.4, -0.2) is 78.0 Å². The molecule has 1 unspecified atom stereocenters. The van der Waals surface area contributed by atoms with Gasteiger partial charge in [0.25, 0.3) is 0 Å². The molecule has 3 saturated carbocycles. The summed E-state index contributed by atoms with van der Waals surface area (Å²) in [6.45, 7) is 10.6. The Bertz CT molecular complexity index is 845. The Balaban J connectivity index is 1.70. The molecule has 4 rings (SSSR count). The van der Waals surface area contributed by atoms with Crippen molar-refractivity contribution >= 4 is 0 Å². The summed E-state index contributed by atoms with van der Waals surface area (Å²) in [5.74, 6) is 2.00. The molecule has 0 aromatic rings. The Morgan fingerprint density at radius 1 is 0.944 bits per heavy atom. The molecule has 4 aliphatic rings. The lowest BCUT2D eigenvalue weighted by Crippen LogP contribution is -2.79. The molecule has 7 nitrogen and oxygen atoms in total. The van der Waals surface area contributed by atoms with Crippen molar-refractivity contribution in [2.45, 2.75) is 122 Å². The first-order valence-corrected chi connectivity index (χ1v) is 14.2. The second-order valence-corrected chi connectivity index (χ2v) is 13.5. The molecular weight excluding hydrogens is 460 g/mol. The van der Waals surface area contributed by atoms with Crippen LogP contribution in [0, 0.1) is 40.4 Å². The number of hydrogen-bond acceptors (Lipinski definition) is 7. The van der Waals surface area contributed by atoms with E-state index in [0.29, 0.717) is 35.7 Å². The highest BCUT2D eigenvalue weighted by atomic mass is 16.4. The van der Waals surface area contributed by atoms with E-state index in [1.54, 1.807) is 0 Å². The zero-order valence-corrected chi connectivity index (χ0v) is 22.8. The largest absolute Gasteiger partial charge is 0.396 e. The second kappa shape index (κ2) is 9.58. The molecule has 208 valence electrons. The molecule has 4 aliphatic carbocycles. The van der Waals surface area contributed by atoms with E-state index in [-0.39, 0.29) is 17.8 Å². The van der Waals surface area contributed by atoms with Gasteiger partial charge in [0.1, 0.15) is 17.3 Å². The Kier molecular flexibility index (Phi) is 7.58. The SMILES string of the molecule is CCC(CC[C@@H](C)[C@H]1CC[C@H]2C3=C[C@H](O)[C@]4(O)C[C@H](O)[C@@H](O)C[C@]4(CO)[C@@]3(O)[C@H](O)C[C@]12C)C(C)C. The molecule has 7 heteroatoms. The van der Waals surface area contributed by atoms with Crippen molar-refractivity contribution in [3.05, 3.63) is 11.6 Å². The van der Waals surface area contributed by atoms with Crippen LogP contribution >= 0.6 is 0 Å². The number of aliphatic hydroxyl groups excluding tert-OH is 5. The molecule has 0 radical (unpaired) electrons. The molecule has 0 amide bonds. The Morgan fingerprint density at radius 2 is 1.58 bits per heavy atom. The number of fused-ring (bicyclic) bond motifs is 5. The van der Waals surface area contributed by atoms with E-state index in [4.69, 9.17) is 0 Å². The van der Waals surface area contributed by atoms with Crippen molar-refractivity contribution in [3.63, 3.8) is 0 Å². The van der Waals surface area contributed by atoms with Gasteiger partial charge < -0.3 is 35.7 Å². The van der Waals surface area contributed by atoms with Crippen molar-refractivity contribution < 1.29 is 35.7 Å². The zero-order valence-electron chi connectivity index (χ0n) is 22.8. The quantitative estimate of drug-likeness (QED) is 0.260. The van der Waals surface area contributed by atoms with Crippen molar-refractivity contribution in [1.29, 1.82) is 0 Å². The van der Waals surface area contributed by atoms with Crippen LogP contribution < -0.4 is 0 Å². The molecule has 0 saturated heterocycles. The monoisotopic (exact) mass is 510 g/mol. The van der Waals surface area contributed by atoms with Crippen LogP contribution in [0.5, 0.6) is 0 Å². The van der Waals surface area contributed by atoms with Gasteiger partial charge in [-0.2, -0.15) is 0 Å². The topological polar surface area (TPSA) is 142 Å². The van der Waals surface area contributed by atoms with Crippen LogP contribution in [0.1, 0.15) is 86.0 Å². The summed E-state index contributed by atoms with van der Waals surface area (Å²) in [5.41, 5.74) is -5.69. The van der Waals surface area contributed by atoms with Crippen LogP contribution in [0.4, 0.5) is 0 Å². The molecule has 3 fully saturated rings. The third-order valence-electron chi connectivity index (χ3n) is 11.7. The number of aliphatic hydroxyl groups is 7. The zero-order chi connectivity index (χ0) is 26.8. The molecule has 0 aliphatic heterocycles. The van der Waals surface area contributed by atoms with E-state index in [2.05, 4.69) is 34.6 Å². The number of hydrogen-bond donors (Lipinski definition) is 7. The summed E-state index contributed by atoms with van der Waals surface area (Å²) in [7, 11) is 0. The maximum atomic E-state index is 12.3. The van der Waals surface area contributed by atoms with Gasteiger partial charge in [-0.05, 0) is 72.7 Å². The van der Waals surface area contributed by atoms with Gasteiger partial charge in [0.15, 0.2) is 0 Å². The fourth-order valence-corrected chi connectivity index (χ4v) is 9.39. The fraction of sp³-hybridized carbons (Fsp3) is 0.931. The molecule has 0 bridgehead atoms. The minimum atomic E-state index is -2.08. The highest BCUT2D eigenvalue weighted by Crippen LogP contribution is 2.69. The highest BCUT2D eigenvalue weighted by molar-refractivity contribution is 5.43. The predicted octanol–water partition coefficient (Wildman–Crippen LogP) is 2.14. The Labute approximate surface area is 216 Å². The van der Waals surface area contributed by atoms with E-state index in [1.807, 2.05) is 0 Å². The maximum absolute atomic E-state index is 12.3. The molecular formula is C29H50O7. The fourth-order valence-electron chi connectivity index (χ4n) is 9.39. The van der Waals surface area contributed by atoms with Crippen molar-refractivity contribution in [2.24, 2.45) is 40.4 Å². The minimum absolute atomic E-state index is 0.114. The van der Waals surface area contributed by atoms with Gasteiger partial charge in [0.05, 0.1) is 30.3 Å². The first kappa shape index (κ1) is 28.5. The summed E-state index contributed by atoms with van der Waals surface area (Å²) < 4.78 is 0. The first-order chi connectivity index (χ1) is 16.7. The Hall–Kier alpha value is -0.540. The molecule has 0 aromatic heterocycles. The summed E-state index contributed by atoms with van der Waals surface area (Å²) in [5, 5.41) is 78.3. The normalized spacial score (nSPS) is 50.2. The molecule has 0 spiro atoms. The van der Waals surface area contributed by atoms with Crippen LogP contribution in [0.25, 0.3) is 0 Å². The summed E-state index contributed by atoms with van der Waals surface area (Å²) in [6, 6.07) is 0. The molecule has 36 heavy (non-hydrogen) atoms. The van der Waals surface area contributed by atoms with Gasteiger partial charge in [0, 0.05) is 6.42 Å².